The standard InChI is InChI=1S/C12H18Br2O2/c1-11(2,3)16-10(15)9-7(6-8(13)14)12(9,4)5/h6-7,9H,1-5H3/t7-,9+/m1/s1. The zero-order valence-corrected chi connectivity index (χ0v) is 13.5. The van der Waals surface area contributed by atoms with Crippen LogP contribution in [0.5, 0.6) is 0 Å². The van der Waals surface area contributed by atoms with E-state index in [0.29, 0.717) is 0 Å². The summed E-state index contributed by atoms with van der Waals surface area (Å²) in [6, 6.07) is 0. The molecule has 1 rings (SSSR count). The van der Waals surface area contributed by atoms with Crippen LogP contribution in [0.2, 0.25) is 0 Å². The van der Waals surface area contributed by atoms with Crippen molar-refractivity contribution in [3.63, 3.8) is 0 Å². The van der Waals surface area contributed by atoms with E-state index in [1.165, 1.54) is 0 Å². The van der Waals surface area contributed by atoms with Crippen LogP contribution in [0.4, 0.5) is 0 Å². The summed E-state index contributed by atoms with van der Waals surface area (Å²) in [5.41, 5.74) is -0.412. The topological polar surface area (TPSA) is 26.3 Å². The van der Waals surface area contributed by atoms with Crippen molar-refractivity contribution >= 4 is 37.8 Å². The number of carbonyl (C=O) groups excluding carboxylic acids is 1. The molecule has 2 atom stereocenters. The molecule has 0 bridgehead atoms. The lowest BCUT2D eigenvalue weighted by Crippen LogP contribution is -2.26. The van der Waals surface area contributed by atoms with Crippen LogP contribution in [0.1, 0.15) is 34.6 Å². The lowest BCUT2D eigenvalue weighted by atomic mass is 10.1. The van der Waals surface area contributed by atoms with E-state index >= 15 is 0 Å². The zero-order chi connectivity index (χ0) is 12.7. The summed E-state index contributed by atoms with van der Waals surface area (Å²) in [4.78, 5) is 11.9. The van der Waals surface area contributed by atoms with Crippen LogP contribution in [0, 0.1) is 17.3 Å². The molecule has 1 aliphatic carbocycles. The van der Waals surface area contributed by atoms with Crippen LogP contribution in [0.3, 0.4) is 0 Å². The minimum atomic E-state index is -0.407. The average molecular weight is 354 g/mol. The van der Waals surface area contributed by atoms with Crippen LogP contribution in [0.15, 0.2) is 9.47 Å². The van der Waals surface area contributed by atoms with E-state index in [-0.39, 0.29) is 23.2 Å². The third-order valence-electron chi connectivity index (χ3n) is 2.88. The van der Waals surface area contributed by atoms with Gasteiger partial charge < -0.3 is 4.74 Å². The molecule has 1 fully saturated rings. The average Bonchev–Trinajstić information content (AvgIpc) is 2.47. The normalized spacial score (nSPS) is 27.2. The van der Waals surface area contributed by atoms with Crippen molar-refractivity contribution in [1.29, 1.82) is 0 Å². The Kier molecular flexibility index (Phi) is 3.96. The molecule has 0 amide bonds. The Bertz CT molecular complexity index is 322. The molecule has 0 aromatic carbocycles. The molecule has 0 spiro atoms. The molecule has 0 aliphatic heterocycles. The van der Waals surface area contributed by atoms with Gasteiger partial charge in [0.1, 0.15) is 5.60 Å². The molecule has 1 aliphatic rings. The summed E-state index contributed by atoms with van der Waals surface area (Å²) in [7, 11) is 0. The van der Waals surface area contributed by atoms with E-state index < -0.39 is 5.60 Å². The minimum absolute atomic E-state index is 0.00484. The fraction of sp³-hybridized carbons (Fsp3) is 0.750. The van der Waals surface area contributed by atoms with E-state index in [1.807, 2.05) is 26.8 Å². The first kappa shape index (κ1) is 14.2. The Balaban J connectivity index is 2.70. The number of halogens is 2. The summed E-state index contributed by atoms with van der Waals surface area (Å²) < 4.78 is 6.30. The lowest BCUT2D eigenvalue weighted by molar-refractivity contribution is -0.157. The third kappa shape index (κ3) is 3.33. The fourth-order valence-electron chi connectivity index (χ4n) is 1.94. The Morgan fingerprint density at radius 2 is 1.81 bits per heavy atom. The molecule has 0 saturated heterocycles. The number of esters is 1. The maximum Gasteiger partial charge on any atom is 0.310 e. The molecule has 0 aromatic heterocycles. The lowest BCUT2D eigenvalue weighted by Gasteiger charge is -2.19. The van der Waals surface area contributed by atoms with Crippen molar-refractivity contribution < 1.29 is 9.53 Å². The van der Waals surface area contributed by atoms with Gasteiger partial charge >= 0.3 is 5.97 Å². The maximum absolute atomic E-state index is 11.9. The van der Waals surface area contributed by atoms with Gasteiger partial charge in [0.15, 0.2) is 0 Å². The summed E-state index contributed by atoms with van der Waals surface area (Å²) in [5, 5.41) is 0. The molecule has 0 aromatic rings. The molecule has 0 radical (unpaired) electrons. The summed E-state index contributed by atoms with van der Waals surface area (Å²) >= 11 is 6.66. The molecule has 16 heavy (non-hydrogen) atoms. The van der Waals surface area contributed by atoms with Gasteiger partial charge in [-0.1, -0.05) is 19.9 Å². The van der Waals surface area contributed by atoms with Gasteiger partial charge in [-0.3, -0.25) is 4.79 Å². The Morgan fingerprint density at radius 1 is 1.31 bits per heavy atom. The van der Waals surface area contributed by atoms with Gasteiger partial charge in [-0.15, -0.1) is 0 Å². The number of hydrogen-bond acceptors (Lipinski definition) is 2. The Labute approximate surface area is 114 Å². The van der Waals surface area contributed by atoms with Gasteiger partial charge in [-0.05, 0) is 64.0 Å². The second kappa shape index (κ2) is 4.45. The van der Waals surface area contributed by atoms with Crippen molar-refractivity contribution in [3.8, 4) is 0 Å². The first-order chi connectivity index (χ1) is 7.05. The first-order valence-corrected chi connectivity index (χ1v) is 6.90. The molecule has 1 saturated carbocycles. The highest BCUT2D eigenvalue weighted by molar-refractivity contribution is 9.28. The quantitative estimate of drug-likeness (QED) is 0.694. The smallest absolute Gasteiger partial charge is 0.310 e. The largest absolute Gasteiger partial charge is 0.460 e. The van der Waals surface area contributed by atoms with Crippen LogP contribution in [-0.2, 0) is 9.53 Å². The Hall–Kier alpha value is 0.170. The molecule has 0 unspecified atom stereocenters. The number of hydrogen-bond donors (Lipinski definition) is 0. The molecule has 0 heterocycles. The van der Waals surface area contributed by atoms with Crippen molar-refractivity contribution in [2.24, 2.45) is 17.3 Å². The second-order valence-electron chi connectivity index (χ2n) is 5.81. The summed E-state index contributed by atoms with van der Waals surface area (Å²) in [6.07, 6.45) is 2.02. The van der Waals surface area contributed by atoms with Crippen molar-refractivity contribution in [3.05, 3.63) is 9.47 Å². The van der Waals surface area contributed by atoms with Crippen molar-refractivity contribution in [2.75, 3.05) is 0 Å². The predicted octanol–water partition coefficient (Wildman–Crippen LogP) is 4.23. The SMILES string of the molecule is CC(C)(C)OC(=O)[C@@H]1[C@@H](C=C(Br)Br)C1(C)C. The van der Waals surface area contributed by atoms with E-state index in [9.17, 15) is 4.79 Å². The molecular weight excluding hydrogens is 336 g/mol. The zero-order valence-electron chi connectivity index (χ0n) is 10.3. The molecule has 4 heteroatoms. The summed E-state index contributed by atoms with van der Waals surface area (Å²) in [5.74, 6) is 0.118. The molecular formula is C12H18Br2O2. The van der Waals surface area contributed by atoms with Gasteiger partial charge in [0.05, 0.1) is 9.31 Å². The number of rotatable bonds is 2. The van der Waals surface area contributed by atoms with Gasteiger partial charge in [-0.2, -0.15) is 0 Å². The van der Waals surface area contributed by atoms with E-state index in [0.717, 1.165) is 3.39 Å². The van der Waals surface area contributed by atoms with Crippen LogP contribution in [0.25, 0.3) is 0 Å². The first-order valence-electron chi connectivity index (χ1n) is 5.31. The van der Waals surface area contributed by atoms with Crippen molar-refractivity contribution in [2.45, 2.75) is 40.2 Å². The van der Waals surface area contributed by atoms with Crippen LogP contribution >= 0.6 is 31.9 Å². The fourth-order valence-corrected chi connectivity index (χ4v) is 2.51. The van der Waals surface area contributed by atoms with Crippen LogP contribution in [-0.4, -0.2) is 11.6 Å². The van der Waals surface area contributed by atoms with Crippen molar-refractivity contribution in [1.82, 2.24) is 0 Å². The van der Waals surface area contributed by atoms with Crippen LogP contribution < -0.4 is 0 Å². The van der Waals surface area contributed by atoms with E-state index in [2.05, 4.69) is 45.7 Å². The summed E-state index contributed by atoms with van der Waals surface area (Å²) in [6.45, 7) is 9.86. The second-order valence-corrected chi connectivity index (χ2v) is 8.59. The Morgan fingerprint density at radius 3 is 2.19 bits per heavy atom. The van der Waals surface area contributed by atoms with Gasteiger partial charge in [0.2, 0.25) is 0 Å². The highest BCUT2D eigenvalue weighted by atomic mass is 79.9. The third-order valence-corrected chi connectivity index (χ3v) is 3.41. The maximum atomic E-state index is 11.9. The highest BCUT2D eigenvalue weighted by Gasteiger charge is 2.61. The number of carbonyl (C=O) groups is 1. The van der Waals surface area contributed by atoms with Gasteiger partial charge in [0, 0.05) is 0 Å². The predicted molar refractivity (Wildman–Crippen MR) is 72.5 cm³/mol. The minimum Gasteiger partial charge on any atom is -0.460 e. The van der Waals surface area contributed by atoms with Gasteiger partial charge in [0.25, 0.3) is 0 Å². The highest BCUT2D eigenvalue weighted by Crippen LogP contribution is 2.60. The number of ether oxygens (including phenoxy) is 1. The molecule has 0 N–H and O–H groups in total. The monoisotopic (exact) mass is 352 g/mol. The van der Waals surface area contributed by atoms with E-state index in [1.54, 1.807) is 0 Å². The van der Waals surface area contributed by atoms with Gasteiger partial charge in [-0.25, -0.2) is 0 Å². The molecule has 2 nitrogen and oxygen atoms in total. The number of allylic oxidation sites excluding steroid dienone is 1. The molecule has 92 valence electrons. The van der Waals surface area contributed by atoms with E-state index in [4.69, 9.17) is 4.74 Å².